The second-order valence-corrected chi connectivity index (χ2v) is 5.50. The van der Waals surface area contributed by atoms with Crippen LogP contribution in [0.2, 0.25) is 0 Å². The number of halogens is 1. The highest BCUT2D eigenvalue weighted by molar-refractivity contribution is 5.96. The number of nitrogens with one attached hydrogen (secondary N) is 1. The van der Waals surface area contributed by atoms with Crippen LogP contribution in [0.15, 0.2) is 48.5 Å². The molecule has 1 aliphatic heterocycles. The van der Waals surface area contributed by atoms with E-state index in [9.17, 15) is 14.0 Å². The lowest BCUT2D eigenvalue weighted by atomic mass is 10.1. The van der Waals surface area contributed by atoms with Crippen LogP contribution in [0.5, 0.6) is 0 Å². The van der Waals surface area contributed by atoms with Crippen molar-refractivity contribution in [3.05, 3.63) is 59.9 Å². The number of amides is 2. The predicted molar refractivity (Wildman–Crippen MR) is 88.3 cm³/mol. The fourth-order valence-corrected chi connectivity index (χ4v) is 2.51. The molecule has 3 rings (SSSR count). The highest BCUT2D eigenvalue weighted by atomic mass is 19.1. The lowest BCUT2D eigenvalue weighted by Crippen LogP contribution is -2.41. The Hall–Kier alpha value is -2.73. The number of carbonyl (C=O) groups excluding carboxylic acids is 2. The quantitative estimate of drug-likeness (QED) is 0.937. The summed E-state index contributed by atoms with van der Waals surface area (Å²) in [6, 6.07) is 12.9. The van der Waals surface area contributed by atoms with Crippen molar-refractivity contribution in [1.29, 1.82) is 0 Å². The average Bonchev–Trinajstić information content (AvgIpc) is 2.58. The Bertz CT molecular complexity index is 729. The molecule has 24 heavy (non-hydrogen) atoms. The number of rotatable bonds is 4. The monoisotopic (exact) mass is 328 g/mol. The van der Waals surface area contributed by atoms with Crippen molar-refractivity contribution in [2.45, 2.75) is 6.42 Å². The molecule has 0 bridgehead atoms. The summed E-state index contributed by atoms with van der Waals surface area (Å²) in [5.41, 5.74) is 2.16. The van der Waals surface area contributed by atoms with Gasteiger partial charge in [0.2, 0.25) is 5.91 Å². The fourth-order valence-electron chi connectivity index (χ4n) is 2.51. The molecule has 0 spiro atoms. The van der Waals surface area contributed by atoms with Crippen LogP contribution in [-0.2, 0) is 20.7 Å². The fraction of sp³-hybridized carbons (Fsp3) is 0.222. The maximum Gasteiger partial charge on any atom is 0.253 e. The molecule has 0 atom stereocenters. The van der Waals surface area contributed by atoms with Gasteiger partial charge in [0.15, 0.2) is 0 Å². The number of anilines is 2. The van der Waals surface area contributed by atoms with E-state index in [1.807, 2.05) is 0 Å². The highest BCUT2D eigenvalue weighted by Crippen LogP contribution is 2.19. The van der Waals surface area contributed by atoms with Gasteiger partial charge in [0.25, 0.3) is 5.91 Å². The molecule has 0 aromatic heterocycles. The number of hydrogen-bond acceptors (Lipinski definition) is 3. The van der Waals surface area contributed by atoms with Gasteiger partial charge < -0.3 is 15.0 Å². The van der Waals surface area contributed by atoms with E-state index in [0.29, 0.717) is 18.8 Å². The molecule has 1 fully saturated rings. The Morgan fingerprint density at radius 2 is 1.83 bits per heavy atom. The van der Waals surface area contributed by atoms with Gasteiger partial charge in [-0.05, 0) is 42.0 Å². The summed E-state index contributed by atoms with van der Waals surface area (Å²) in [6.45, 7) is 1.13. The van der Waals surface area contributed by atoms with Crippen molar-refractivity contribution >= 4 is 23.2 Å². The van der Waals surface area contributed by atoms with Crippen LogP contribution in [0.4, 0.5) is 15.8 Å². The topological polar surface area (TPSA) is 58.6 Å². The smallest absolute Gasteiger partial charge is 0.253 e. The van der Waals surface area contributed by atoms with Crippen LogP contribution in [0.25, 0.3) is 0 Å². The largest absolute Gasteiger partial charge is 0.370 e. The maximum absolute atomic E-state index is 12.9. The minimum Gasteiger partial charge on any atom is -0.370 e. The van der Waals surface area contributed by atoms with E-state index < -0.39 is 0 Å². The number of nitrogens with zero attached hydrogens (tertiary/aromatic N) is 1. The summed E-state index contributed by atoms with van der Waals surface area (Å²) in [6.07, 6.45) is 0.171. The zero-order valence-electron chi connectivity index (χ0n) is 13.0. The van der Waals surface area contributed by atoms with Crippen molar-refractivity contribution in [3.8, 4) is 0 Å². The van der Waals surface area contributed by atoms with Crippen molar-refractivity contribution in [2.24, 2.45) is 0 Å². The van der Waals surface area contributed by atoms with E-state index in [1.165, 1.54) is 12.1 Å². The third kappa shape index (κ3) is 3.97. The normalized spacial score (nSPS) is 14.5. The summed E-state index contributed by atoms with van der Waals surface area (Å²) in [4.78, 5) is 25.5. The second kappa shape index (κ2) is 7.23. The van der Waals surface area contributed by atoms with E-state index in [1.54, 1.807) is 41.3 Å². The van der Waals surface area contributed by atoms with E-state index in [4.69, 9.17) is 4.74 Å². The Kier molecular flexibility index (Phi) is 4.86. The molecule has 1 saturated heterocycles. The second-order valence-electron chi connectivity index (χ2n) is 5.50. The molecule has 6 heteroatoms. The molecule has 1 heterocycles. The van der Waals surface area contributed by atoms with Crippen LogP contribution in [0.1, 0.15) is 5.56 Å². The summed E-state index contributed by atoms with van der Waals surface area (Å²) < 4.78 is 18.0. The van der Waals surface area contributed by atoms with E-state index in [0.717, 1.165) is 11.3 Å². The molecule has 0 unspecified atom stereocenters. The van der Waals surface area contributed by atoms with E-state index in [2.05, 4.69) is 5.32 Å². The first-order valence-electron chi connectivity index (χ1n) is 7.64. The minimum absolute atomic E-state index is 0.0747. The SMILES string of the molecule is O=C(Cc1ccc(F)cc1)Nc1ccc(N2CCOCC2=O)cc1. The number of hydrogen-bond donors (Lipinski definition) is 1. The molecular formula is C18H17FN2O3. The number of benzene rings is 2. The predicted octanol–water partition coefficient (Wildman–Crippen LogP) is 2.37. The van der Waals surface area contributed by atoms with Gasteiger partial charge in [-0.25, -0.2) is 4.39 Å². The summed E-state index contributed by atoms with van der Waals surface area (Å²) in [5, 5.41) is 2.79. The van der Waals surface area contributed by atoms with Gasteiger partial charge >= 0.3 is 0 Å². The Morgan fingerprint density at radius 3 is 2.50 bits per heavy atom. The highest BCUT2D eigenvalue weighted by Gasteiger charge is 2.19. The molecule has 5 nitrogen and oxygen atoms in total. The number of morpholine rings is 1. The van der Waals surface area contributed by atoms with Crippen molar-refractivity contribution in [1.82, 2.24) is 0 Å². The van der Waals surface area contributed by atoms with Gasteiger partial charge in [0.1, 0.15) is 12.4 Å². The summed E-state index contributed by atoms with van der Waals surface area (Å²) in [5.74, 6) is -0.585. The minimum atomic E-state index is -0.326. The average molecular weight is 328 g/mol. The molecule has 0 radical (unpaired) electrons. The maximum atomic E-state index is 12.9. The molecular weight excluding hydrogens is 311 g/mol. The third-order valence-electron chi connectivity index (χ3n) is 3.73. The number of ether oxygens (including phenoxy) is 1. The summed E-state index contributed by atoms with van der Waals surface area (Å²) in [7, 11) is 0. The van der Waals surface area contributed by atoms with Gasteiger partial charge in [-0.3, -0.25) is 9.59 Å². The van der Waals surface area contributed by atoms with Crippen LogP contribution in [0, 0.1) is 5.82 Å². The van der Waals surface area contributed by atoms with Crippen LogP contribution >= 0.6 is 0 Å². The number of carbonyl (C=O) groups is 2. The van der Waals surface area contributed by atoms with Gasteiger partial charge in [0.05, 0.1) is 13.0 Å². The van der Waals surface area contributed by atoms with E-state index >= 15 is 0 Å². The molecule has 2 amide bonds. The molecule has 1 aliphatic rings. The lowest BCUT2D eigenvalue weighted by molar-refractivity contribution is -0.125. The van der Waals surface area contributed by atoms with Crippen molar-refractivity contribution < 1.29 is 18.7 Å². The van der Waals surface area contributed by atoms with Gasteiger partial charge in [-0.1, -0.05) is 12.1 Å². The first kappa shape index (κ1) is 16.1. The van der Waals surface area contributed by atoms with Crippen LogP contribution in [0.3, 0.4) is 0 Å². The van der Waals surface area contributed by atoms with Gasteiger partial charge in [-0.15, -0.1) is 0 Å². The van der Waals surface area contributed by atoms with Crippen LogP contribution < -0.4 is 10.2 Å². The molecule has 1 N–H and O–H groups in total. The molecule has 0 aliphatic carbocycles. The standard InChI is InChI=1S/C18H17FN2O3/c19-14-3-1-13(2-4-14)11-17(22)20-15-5-7-16(8-6-15)21-9-10-24-12-18(21)23/h1-8H,9-12H2,(H,20,22). The molecule has 0 saturated carbocycles. The zero-order valence-corrected chi connectivity index (χ0v) is 13.0. The lowest BCUT2D eigenvalue weighted by Gasteiger charge is -2.26. The Labute approximate surface area is 139 Å². The van der Waals surface area contributed by atoms with E-state index in [-0.39, 0.29) is 30.7 Å². The first-order valence-corrected chi connectivity index (χ1v) is 7.64. The third-order valence-corrected chi connectivity index (χ3v) is 3.73. The van der Waals surface area contributed by atoms with Crippen LogP contribution in [-0.4, -0.2) is 31.6 Å². The zero-order chi connectivity index (χ0) is 16.9. The Morgan fingerprint density at radius 1 is 1.12 bits per heavy atom. The van der Waals surface area contributed by atoms with Crippen molar-refractivity contribution in [2.75, 3.05) is 30.0 Å². The van der Waals surface area contributed by atoms with Gasteiger partial charge in [0, 0.05) is 17.9 Å². The molecule has 2 aromatic rings. The first-order chi connectivity index (χ1) is 11.6. The van der Waals surface area contributed by atoms with Crippen molar-refractivity contribution in [3.63, 3.8) is 0 Å². The molecule has 2 aromatic carbocycles. The van der Waals surface area contributed by atoms with Gasteiger partial charge in [-0.2, -0.15) is 0 Å². The molecule has 124 valence electrons. The Balaban J connectivity index is 1.60. The summed E-state index contributed by atoms with van der Waals surface area (Å²) >= 11 is 0.